The normalized spacial score (nSPS) is 11.2. The molecule has 0 spiro atoms. The standard InChI is InChI=1S/C18H26N2O2S2/c1-5-6-18-19-15(11-24-18)10-23-12-17(21)16-9-13(2)20(14(16)3)7-8-22-4/h9,11H,5-8,10,12H2,1-4H3. The largest absolute Gasteiger partial charge is 0.383 e. The van der Waals surface area contributed by atoms with Crippen molar-refractivity contribution in [2.24, 2.45) is 0 Å². The van der Waals surface area contributed by atoms with Crippen LogP contribution in [0.3, 0.4) is 0 Å². The Balaban J connectivity index is 1.90. The highest BCUT2D eigenvalue weighted by Crippen LogP contribution is 2.20. The molecule has 0 unspecified atom stereocenters. The fourth-order valence-electron chi connectivity index (χ4n) is 2.68. The van der Waals surface area contributed by atoms with E-state index >= 15 is 0 Å². The van der Waals surface area contributed by atoms with E-state index in [-0.39, 0.29) is 5.78 Å². The molecular weight excluding hydrogens is 340 g/mol. The molecule has 6 heteroatoms. The van der Waals surface area contributed by atoms with Gasteiger partial charge in [0, 0.05) is 41.7 Å². The van der Waals surface area contributed by atoms with Crippen LogP contribution in [0.2, 0.25) is 0 Å². The quantitative estimate of drug-likeness (QED) is 0.589. The molecule has 24 heavy (non-hydrogen) atoms. The van der Waals surface area contributed by atoms with Crippen molar-refractivity contribution in [3.8, 4) is 0 Å². The van der Waals surface area contributed by atoms with Crippen molar-refractivity contribution in [3.63, 3.8) is 0 Å². The highest BCUT2D eigenvalue weighted by molar-refractivity contribution is 7.99. The van der Waals surface area contributed by atoms with Crippen molar-refractivity contribution >= 4 is 28.9 Å². The second-order valence-corrected chi connectivity index (χ2v) is 7.76. The van der Waals surface area contributed by atoms with Crippen LogP contribution in [0.1, 0.15) is 45.8 Å². The Kier molecular flexibility index (Phi) is 7.52. The number of aryl methyl sites for hydroxylation is 2. The van der Waals surface area contributed by atoms with Crippen LogP contribution in [-0.4, -0.2) is 34.8 Å². The number of hydrogen-bond donors (Lipinski definition) is 0. The number of ketones is 1. The van der Waals surface area contributed by atoms with Gasteiger partial charge in [-0.3, -0.25) is 4.79 Å². The van der Waals surface area contributed by atoms with E-state index in [9.17, 15) is 4.79 Å². The summed E-state index contributed by atoms with van der Waals surface area (Å²) in [6.07, 6.45) is 2.17. The number of Topliss-reactive ketones (excluding diaryl/α,β-unsaturated/α-hetero) is 1. The third kappa shape index (κ3) is 4.94. The zero-order valence-electron chi connectivity index (χ0n) is 14.9. The van der Waals surface area contributed by atoms with E-state index in [4.69, 9.17) is 4.74 Å². The number of rotatable bonds is 10. The molecule has 0 amide bonds. The Morgan fingerprint density at radius 1 is 1.42 bits per heavy atom. The molecule has 2 heterocycles. The smallest absolute Gasteiger partial charge is 0.174 e. The molecule has 0 saturated carbocycles. The van der Waals surface area contributed by atoms with Crippen LogP contribution in [0.25, 0.3) is 0 Å². The van der Waals surface area contributed by atoms with Gasteiger partial charge in [0.05, 0.1) is 23.1 Å². The average Bonchev–Trinajstić information content (AvgIpc) is 3.11. The van der Waals surface area contributed by atoms with E-state index in [0.717, 1.165) is 47.8 Å². The van der Waals surface area contributed by atoms with Crippen LogP contribution in [0.15, 0.2) is 11.4 Å². The number of thioether (sulfide) groups is 1. The van der Waals surface area contributed by atoms with Crippen molar-refractivity contribution in [1.82, 2.24) is 9.55 Å². The zero-order chi connectivity index (χ0) is 17.5. The number of carbonyl (C=O) groups is 1. The Morgan fingerprint density at radius 2 is 2.21 bits per heavy atom. The summed E-state index contributed by atoms with van der Waals surface area (Å²) >= 11 is 3.36. The van der Waals surface area contributed by atoms with E-state index in [1.807, 2.05) is 19.9 Å². The molecule has 2 aromatic rings. The summed E-state index contributed by atoms with van der Waals surface area (Å²) < 4.78 is 7.29. The highest BCUT2D eigenvalue weighted by atomic mass is 32.2. The first-order valence-electron chi connectivity index (χ1n) is 8.26. The second kappa shape index (κ2) is 9.39. The van der Waals surface area contributed by atoms with E-state index < -0.39 is 0 Å². The first-order valence-corrected chi connectivity index (χ1v) is 10.3. The van der Waals surface area contributed by atoms with E-state index in [2.05, 4.69) is 21.9 Å². The molecule has 132 valence electrons. The van der Waals surface area contributed by atoms with Crippen molar-refractivity contribution in [1.29, 1.82) is 0 Å². The minimum absolute atomic E-state index is 0.195. The number of aromatic nitrogens is 2. The van der Waals surface area contributed by atoms with Gasteiger partial charge in [0.15, 0.2) is 5.78 Å². The summed E-state index contributed by atoms with van der Waals surface area (Å²) in [6.45, 7) is 7.66. The van der Waals surface area contributed by atoms with Crippen LogP contribution >= 0.6 is 23.1 Å². The lowest BCUT2D eigenvalue weighted by Gasteiger charge is -2.08. The summed E-state index contributed by atoms with van der Waals surface area (Å²) in [6, 6.07) is 2.00. The minimum Gasteiger partial charge on any atom is -0.383 e. The first-order chi connectivity index (χ1) is 11.6. The number of carbonyl (C=O) groups excluding carboxylic acids is 1. The first kappa shape index (κ1) is 19.2. The minimum atomic E-state index is 0.195. The topological polar surface area (TPSA) is 44.1 Å². The van der Waals surface area contributed by atoms with Crippen molar-refractivity contribution in [3.05, 3.63) is 39.1 Å². The molecular formula is C18H26N2O2S2. The van der Waals surface area contributed by atoms with Crippen LogP contribution in [0.5, 0.6) is 0 Å². The summed E-state index contributed by atoms with van der Waals surface area (Å²) in [5.41, 5.74) is 4.07. The molecule has 0 N–H and O–H groups in total. The lowest BCUT2D eigenvalue weighted by atomic mass is 10.2. The van der Waals surface area contributed by atoms with Crippen LogP contribution in [-0.2, 0) is 23.5 Å². The Hall–Kier alpha value is -1.11. The Labute approximate surface area is 152 Å². The molecule has 0 fully saturated rings. The molecule has 4 nitrogen and oxygen atoms in total. The van der Waals surface area contributed by atoms with Gasteiger partial charge < -0.3 is 9.30 Å². The van der Waals surface area contributed by atoms with Gasteiger partial charge in [-0.05, 0) is 32.8 Å². The van der Waals surface area contributed by atoms with E-state index in [0.29, 0.717) is 12.4 Å². The maximum atomic E-state index is 12.5. The van der Waals surface area contributed by atoms with Crippen LogP contribution in [0.4, 0.5) is 0 Å². The number of ether oxygens (including phenoxy) is 1. The summed E-state index contributed by atoms with van der Waals surface area (Å²) in [4.78, 5) is 17.1. The van der Waals surface area contributed by atoms with Gasteiger partial charge in [0.25, 0.3) is 0 Å². The molecule has 0 bridgehead atoms. The molecule has 0 aromatic carbocycles. The lowest BCUT2D eigenvalue weighted by Crippen LogP contribution is -2.09. The maximum Gasteiger partial charge on any atom is 0.174 e. The summed E-state index contributed by atoms with van der Waals surface area (Å²) in [5.74, 6) is 1.49. The molecule has 0 radical (unpaired) electrons. The molecule has 2 rings (SSSR count). The molecule has 0 aliphatic heterocycles. The van der Waals surface area contributed by atoms with E-state index in [1.54, 1.807) is 30.2 Å². The predicted octanol–water partition coefficient (Wildman–Crippen LogP) is 4.28. The van der Waals surface area contributed by atoms with Gasteiger partial charge in [-0.25, -0.2) is 4.98 Å². The fourth-order valence-corrected chi connectivity index (χ4v) is 4.49. The second-order valence-electron chi connectivity index (χ2n) is 5.83. The average molecular weight is 367 g/mol. The highest BCUT2D eigenvalue weighted by Gasteiger charge is 2.15. The SMILES string of the molecule is CCCc1nc(CSCC(=O)c2cc(C)n(CCOC)c2C)cs1. The zero-order valence-corrected chi connectivity index (χ0v) is 16.6. The third-order valence-electron chi connectivity index (χ3n) is 3.94. The molecule has 2 aromatic heterocycles. The number of hydrogen-bond acceptors (Lipinski definition) is 5. The maximum absolute atomic E-state index is 12.5. The van der Waals surface area contributed by atoms with Crippen molar-refractivity contribution in [2.75, 3.05) is 19.5 Å². The number of methoxy groups -OCH3 is 1. The summed E-state index contributed by atoms with van der Waals surface area (Å²) in [5, 5.41) is 3.31. The van der Waals surface area contributed by atoms with Gasteiger partial charge in [-0.15, -0.1) is 23.1 Å². The van der Waals surface area contributed by atoms with Crippen LogP contribution < -0.4 is 0 Å². The van der Waals surface area contributed by atoms with Crippen molar-refractivity contribution < 1.29 is 9.53 Å². The van der Waals surface area contributed by atoms with Gasteiger partial charge in [0.2, 0.25) is 0 Å². The van der Waals surface area contributed by atoms with Crippen LogP contribution in [0, 0.1) is 13.8 Å². The van der Waals surface area contributed by atoms with Gasteiger partial charge in [-0.1, -0.05) is 6.92 Å². The van der Waals surface area contributed by atoms with Gasteiger partial charge in [-0.2, -0.15) is 0 Å². The Bertz CT molecular complexity index is 677. The predicted molar refractivity (Wildman–Crippen MR) is 102 cm³/mol. The van der Waals surface area contributed by atoms with Gasteiger partial charge >= 0.3 is 0 Å². The van der Waals surface area contributed by atoms with Gasteiger partial charge in [0.1, 0.15) is 0 Å². The molecule has 0 saturated heterocycles. The van der Waals surface area contributed by atoms with E-state index in [1.165, 1.54) is 5.01 Å². The third-order valence-corrected chi connectivity index (χ3v) is 5.86. The number of thiazole rings is 1. The lowest BCUT2D eigenvalue weighted by molar-refractivity contribution is 0.102. The number of nitrogens with zero attached hydrogens (tertiary/aromatic N) is 2. The molecule has 0 atom stereocenters. The Morgan fingerprint density at radius 3 is 2.92 bits per heavy atom. The van der Waals surface area contributed by atoms with Crippen molar-refractivity contribution in [2.45, 2.75) is 45.9 Å². The fraction of sp³-hybridized carbons (Fsp3) is 0.556. The molecule has 0 aliphatic carbocycles. The molecule has 0 aliphatic rings. The monoisotopic (exact) mass is 366 g/mol. The summed E-state index contributed by atoms with van der Waals surface area (Å²) in [7, 11) is 1.70.